The third-order valence-corrected chi connectivity index (χ3v) is 6.03. The molecule has 1 aromatic heterocycles. The number of hydrogen-bond donors (Lipinski definition) is 1. The summed E-state index contributed by atoms with van der Waals surface area (Å²) in [6.07, 6.45) is -3.57. The highest BCUT2D eigenvalue weighted by Crippen LogP contribution is 2.32. The summed E-state index contributed by atoms with van der Waals surface area (Å²) in [5, 5.41) is 15.0. The summed E-state index contributed by atoms with van der Waals surface area (Å²) in [4.78, 5) is 6.54. The fourth-order valence-electron chi connectivity index (χ4n) is 4.19. The van der Waals surface area contributed by atoms with E-state index in [1.807, 2.05) is 43.3 Å². The van der Waals surface area contributed by atoms with Gasteiger partial charge in [-0.05, 0) is 43.2 Å². The maximum Gasteiger partial charge on any atom is 0.416 e. The van der Waals surface area contributed by atoms with Crippen LogP contribution in [-0.2, 0) is 17.5 Å². The summed E-state index contributed by atoms with van der Waals surface area (Å²) in [7, 11) is 0. The van der Waals surface area contributed by atoms with Crippen LogP contribution in [-0.4, -0.2) is 48.3 Å². The van der Waals surface area contributed by atoms with E-state index < -0.39 is 17.8 Å². The maximum absolute atomic E-state index is 13.0. The zero-order valence-corrected chi connectivity index (χ0v) is 19.5. The molecule has 1 aliphatic heterocycles. The molecule has 186 valence electrons. The second-order valence-corrected chi connectivity index (χ2v) is 8.45. The van der Waals surface area contributed by atoms with Gasteiger partial charge in [-0.15, -0.1) is 0 Å². The molecule has 0 unspecified atom stereocenters. The lowest BCUT2D eigenvalue weighted by atomic mass is 10.1. The number of halogens is 3. The van der Waals surface area contributed by atoms with E-state index in [0.717, 1.165) is 74.9 Å². The molecule has 0 amide bonds. The second kappa shape index (κ2) is 11.0. The van der Waals surface area contributed by atoms with Crippen LogP contribution in [0.2, 0.25) is 0 Å². The van der Waals surface area contributed by atoms with Gasteiger partial charge in [0, 0.05) is 37.6 Å². The van der Waals surface area contributed by atoms with Crippen molar-refractivity contribution in [2.45, 2.75) is 26.1 Å². The van der Waals surface area contributed by atoms with Crippen LogP contribution >= 0.6 is 0 Å². The molecule has 0 atom stereocenters. The molecule has 0 radical (unpaired) electrons. The van der Waals surface area contributed by atoms with Crippen LogP contribution in [0.4, 0.5) is 24.5 Å². The van der Waals surface area contributed by atoms with Gasteiger partial charge in [0.25, 0.3) is 0 Å². The van der Waals surface area contributed by atoms with Gasteiger partial charge in [0.2, 0.25) is 0 Å². The standard InChI is InChI=1S/C26H29F3N4O2/c1-19-23(31-25(34)30-22-10-5-9-21(17-22)26(27,28)29)18-24(20-7-3-2-4-8-20)33(19)12-6-11-32-13-15-35-16-14-32/h2-5,7-10,17-18H,6,11-16H2,1H3,(H2,30,31,34)/p-1. The van der Waals surface area contributed by atoms with Gasteiger partial charge in [-0.1, -0.05) is 36.4 Å². The molecule has 1 aliphatic rings. The monoisotopic (exact) mass is 485 g/mol. The summed E-state index contributed by atoms with van der Waals surface area (Å²) in [6.45, 7) is 6.94. The topological polar surface area (TPSA) is 64.9 Å². The minimum absolute atomic E-state index is 0.0412. The molecular formula is C26H28F3N4O2-. The molecule has 1 N–H and O–H groups in total. The highest BCUT2D eigenvalue weighted by atomic mass is 19.4. The smallest absolute Gasteiger partial charge is 0.416 e. The Bertz CT molecular complexity index is 1150. The number of aliphatic imine (C=N–C) groups is 1. The third-order valence-electron chi connectivity index (χ3n) is 6.03. The molecule has 9 heteroatoms. The molecule has 0 spiro atoms. The Morgan fingerprint density at radius 3 is 2.49 bits per heavy atom. The molecule has 35 heavy (non-hydrogen) atoms. The molecule has 4 rings (SSSR count). The van der Waals surface area contributed by atoms with E-state index in [1.54, 1.807) is 0 Å². The van der Waals surface area contributed by atoms with Crippen LogP contribution in [0, 0.1) is 6.92 Å². The Hall–Kier alpha value is -3.30. The molecular weight excluding hydrogens is 457 g/mol. The zero-order valence-electron chi connectivity index (χ0n) is 19.5. The largest absolute Gasteiger partial charge is 0.846 e. The average Bonchev–Trinajstić information content (AvgIpc) is 3.15. The Kier molecular flexibility index (Phi) is 7.77. The van der Waals surface area contributed by atoms with Gasteiger partial charge in [-0.25, -0.2) is 4.99 Å². The first-order valence-electron chi connectivity index (χ1n) is 11.6. The molecule has 6 nitrogen and oxygen atoms in total. The lowest BCUT2D eigenvalue weighted by Gasteiger charge is -2.26. The van der Waals surface area contributed by atoms with E-state index >= 15 is 0 Å². The molecule has 3 aromatic rings. The predicted octanol–water partition coefficient (Wildman–Crippen LogP) is 4.66. The molecule has 1 fully saturated rings. The number of ether oxygens (including phenoxy) is 1. The van der Waals surface area contributed by atoms with Crippen molar-refractivity contribution in [1.82, 2.24) is 9.47 Å². The number of rotatable bonds is 7. The van der Waals surface area contributed by atoms with Crippen LogP contribution in [0.25, 0.3) is 11.3 Å². The highest BCUT2D eigenvalue weighted by Gasteiger charge is 2.30. The van der Waals surface area contributed by atoms with Crippen molar-refractivity contribution < 1.29 is 23.0 Å². The van der Waals surface area contributed by atoms with E-state index in [-0.39, 0.29) is 5.69 Å². The van der Waals surface area contributed by atoms with Gasteiger partial charge in [0.1, 0.15) is 0 Å². The lowest BCUT2D eigenvalue weighted by Crippen LogP contribution is -2.37. The Balaban J connectivity index is 1.55. The minimum atomic E-state index is -4.49. The Morgan fingerprint density at radius 1 is 1.03 bits per heavy atom. The summed E-state index contributed by atoms with van der Waals surface area (Å²) >= 11 is 0. The molecule has 0 saturated carbocycles. The fraction of sp³-hybridized carbons (Fsp3) is 0.346. The van der Waals surface area contributed by atoms with E-state index in [9.17, 15) is 18.3 Å². The first-order chi connectivity index (χ1) is 16.8. The molecule has 0 aliphatic carbocycles. The molecule has 2 aromatic carbocycles. The van der Waals surface area contributed by atoms with Crippen molar-refractivity contribution in [1.29, 1.82) is 0 Å². The lowest BCUT2D eigenvalue weighted by molar-refractivity contribution is -0.214. The SMILES string of the molecule is Cc1c(N=C([O-])Nc2cccc(C(F)(F)F)c2)cc(-c2ccccc2)n1CCCN1CCOCC1. The third kappa shape index (κ3) is 6.43. The van der Waals surface area contributed by atoms with Crippen LogP contribution in [0.1, 0.15) is 17.7 Å². The first kappa shape index (κ1) is 24.8. The van der Waals surface area contributed by atoms with Crippen LogP contribution in [0.5, 0.6) is 0 Å². The van der Waals surface area contributed by atoms with Crippen LogP contribution in [0.15, 0.2) is 65.7 Å². The first-order valence-corrected chi connectivity index (χ1v) is 11.6. The fourth-order valence-corrected chi connectivity index (χ4v) is 4.19. The maximum atomic E-state index is 13.0. The van der Waals surface area contributed by atoms with Crippen LogP contribution < -0.4 is 10.4 Å². The van der Waals surface area contributed by atoms with Crippen molar-refractivity contribution in [2.75, 3.05) is 38.2 Å². The van der Waals surface area contributed by atoms with Gasteiger partial charge < -0.3 is 19.7 Å². The summed E-state index contributed by atoms with van der Waals surface area (Å²) < 4.78 is 46.5. The van der Waals surface area contributed by atoms with Gasteiger partial charge in [0.15, 0.2) is 0 Å². The summed E-state index contributed by atoms with van der Waals surface area (Å²) in [5.74, 6) is 0. The van der Waals surface area contributed by atoms with Crippen molar-refractivity contribution in [3.8, 4) is 11.3 Å². The zero-order chi connectivity index (χ0) is 24.8. The molecule has 0 bridgehead atoms. The minimum Gasteiger partial charge on any atom is -0.846 e. The van der Waals surface area contributed by atoms with E-state index in [0.29, 0.717) is 5.69 Å². The van der Waals surface area contributed by atoms with Gasteiger partial charge >= 0.3 is 6.18 Å². The van der Waals surface area contributed by atoms with Crippen molar-refractivity contribution in [2.24, 2.45) is 4.99 Å². The summed E-state index contributed by atoms with van der Waals surface area (Å²) in [5.41, 5.74) is 2.46. The summed E-state index contributed by atoms with van der Waals surface area (Å²) in [6, 6.07) is 15.5. The quantitative estimate of drug-likeness (QED) is 0.390. The Labute approximate surface area is 202 Å². The number of nitrogens with one attached hydrogen (secondary N) is 1. The number of aromatic nitrogens is 1. The number of nitrogens with zero attached hydrogens (tertiary/aromatic N) is 3. The number of amidine groups is 1. The van der Waals surface area contributed by atoms with Crippen molar-refractivity contribution in [3.05, 3.63) is 71.9 Å². The molecule has 1 saturated heterocycles. The average molecular weight is 486 g/mol. The van der Waals surface area contributed by atoms with Crippen molar-refractivity contribution >= 4 is 17.4 Å². The van der Waals surface area contributed by atoms with E-state index in [1.165, 1.54) is 12.1 Å². The van der Waals surface area contributed by atoms with Crippen molar-refractivity contribution in [3.63, 3.8) is 0 Å². The normalized spacial score (nSPS) is 15.4. The van der Waals surface area contributed by atoms with Crippen LogP contribution in [0.3, 0.4) is 0 Å². The number of alkyl halides is 3. The van der Waals surface area contributed by atoms with Gasteiger partial charge in [-0.2, -0.15) is 13.2 Å². The highest BCUT2D eigenvalue weighted by molar-refractivity contribution is 5.88. The van der Waals surface area contributed by atoms with Gasteiger partial charge in [-0.3, -0.25) is 4.90 Å². The van der Waals surface area contributed by atoms with E-state index in [2.05, 4.69) is 19.8 Å². The number of morpholine rings is 1. The predicted molar refractivity (Wildman–Crippen MR) is 129 cm³/mol. The Morgan fingerprint density at radius 2 is 1.77 bits per heavy atom. The number of anilines is 1. The number of benzene rings is 2. The van der Waals surface area contributed by atoms with Gasteiger partial charge in [0.05, 0.1) is 36.2 Å². The number of hydrogen-bond acceptors (Lipinski definition) is 4. The second-order valence-electron chi connectivity index (χ2n) is 8.45. The van der Waals surface area contributed by atoms with E-state index in [4.69, 9.17) is 4.74 Å². The molecule has 2 heterocycles.